The van der Waals surface area contributed by atoms with Gasteiger partial charge in [0.15, 0.2) is 5.76 Å². The molecule has 7 heteroatoms. The van der Waals surface area contributed by atoms with Gasteiger partial charge < -0.3 is 14.2 Å². The molecule has 1 amide bonds. The molecule has 0 unspecified atom stereocenters. The SMILES string of the molecule is Cc1cc(CN2CCN(C(=O)c3cc4c(s3)-c3ccccc3OC4)CC2)on1. The van der Waals surface area contributed by atoms with Crippen molar-refractivity contribution in [2.24, 2.45) is 0 Å². The van der Waals surface area contributed by atoms with Crippen molar-refractivity contribution in [3.63, 3.8) is 0 Å². The zero-order chi connectivity index (χ0) is 19.1. The molecule has 5 rings (SSSR count). The summed E-state index contributed by atoms with van der Waals surface area (Å²) in [5.41, 5.74) is 3.09. The molecule has 2 aromatic heterocycles. The minimum absolute atomic E-state index is 0.118. The molecule has 1 fully saturated rings. The summed E-state index contributed by atoms with van der Waals surface area (Å²) in [6, 6.07) is 12.0. The van der Waals surface area contributed by atoms with Crippen molar-refractivity contribution < 1.29 is 14.1 Å². The van der Waals surface area contributed by atoms with Crippen LogP contribution in [0.1, 0.15) is 26.7 Å². The maximum atomic E-state index is 13.0. The average Bonchev–Trinajstić information content (AvgIpc) is 3.34. The highest BCUT2D eigenvalue weighted by molar-refractivity contribution is 7.17. The van der Waals surface area contributed by atoms with Crippen molar-refractivity contribution in [1.29, 1.82) is 0 Å². The lowest BCUT2D eigenvalue weighted by molar-refractivity contribution is 0.0622. The highest BCUT2D eigenvalue weighted by Crippen LogP contribution is 2.42. The molecule has 1 aromatic carbocycles. The molecule has 144 valence electrons. The van der Waals surface area contributed by atoms with E-state index in [-0.39, 0.29) is 5.91 Å². The fourth-order valence-electron chi connectivity index (χ4n) is 3.78. The fraction of sp³-hybridized carbons (Fsp3) is 0.333. The van der Waals surface area contributed by atoms with E-state index in [0.717, 1.165) is 70.8 Å². The lowest BCUT2D eigenvalue weighted by Crippen LogP contribution is -2.48. The van der Waals surface area contributed by atoms with Crippen molar-refractivity contribution in [1.82, 2.24) is 15.0 Å². The molecule has 0 atom stereocenters. The normalized spacial score (nSPS) is 16.4. The smallest absolute Gasteiger partial charge is 0.264 e. The molecule has 0 spiro atoms. The molecule has 0 saturated carbocycles. The number of carbonyl (C=O) groups is 1. The lowest BCUT2D eigenvalue weighted by Gasteiger charge is -2.33. The third-order valence-electron chi connectivity index (χ3n) is 5.25. The number of hydrogen-bond acceptors (Lipinski definition) is 6. The van der Waals surface area contributed by atoms with Crippen LogP contribution >= 0.6 is 11.3 Å². The Bertz CT molecular complexity index is 1020. The Morgan fingerprint density at radius 3 is 2.79 bits per heavy atom. The average molecular weight is 395 g/mol. The Labute approximate surface area is 167 Å². The van der Waals surface area contributed by atoms with Gasteiger partial charge in [0.25, 0.3) is 5.91 Å². The topological polar surface area (TPSA) is 58.8 Å². The maximum Gasteiger partial charge on any atom is 0.264 e. The van der Waals surface area contributed by atoms with Crippen LogP contribution in [0.25, 0.3) is 10.4 Å². The number of carbonyl (C=O) groups excluding carboxylic acids is 1. The third-order valence-corrected chi connectivity index (χ3v) is 6.45. The van der Waals surface area contributed by atoms with E-state index in [0.29, 0.717) is 6.61 Å². The van der Waals surface area contributed by atoms with Gasteiger partial charge in [-0.15, -0.1) is 11.3 Å². The molecule has 2 aliphatic heterocycles. The van der Waals surface area contributed by atoms with Gasteiger partial charge in [-0.05, 0) is 25.1 Å². The van der Waals surface area contributed by atoms with Crippen LogP contribution in [-0.4, -0.2) is 47.0 Å². The summed E-state index contributed by atoms with van der Waals surface area (Å²) in [4.78, 5) is 19.2. The number of para-hydroxylation sites is 1. The Morgan fingerprint density at radius 2 is 2.00 bits per heavy atom. The molecule has 0 radical (unpaired) electrons. The van der Waals surface area contributed by atoms with Crippen LogP contribution in [0.5, 0.6) is 5.75 Å². The van der Waals surface area contributed by atoms with Crippen LogP contribution in [-0.2, 0) is 13.2 Å². The van der Waals surface area contributed by atoms with E-state index in [1.165, 1.54) is 0 Å². The zero-order valence-electron chi connectivity index (χ0n) is 15.7. The van der Waals surface area contributed by atoms with E-state index in [2.05, 4.69) is 16.1 Å². The summed E-state index contributed by atoms with van der Waals surface area (Å²) in [6.07, 6.45) is 0. The van der Waals surface area contributed by atoms with Crippen LogP contribution < -0.4 is 4.74 Å². The fourth-order valence-corrected chi connectivity index (χ4v) is 4.95. The lowest BCUT2D eigenvalue weighted by atomic mass is 10.1. The second-order valence-corrected chi connectivity index (χ2v) is 8.31. The Balaban J connectivity index is 1.26. The van der Waals surface area contributed by atoms with Gasteiger partial charge in [0.2, 0.25) is 0 Å². The first-order valence-electron chi connectivity index (χ1n) is 9.46. The molecule has 4 heterocycles. The minimum atomic E-state index is 0.118. The molecule has 28 heavy (non-hydrogen) atoms. The summed E-state index contributed by atoms with van der Waals surface area (Å²) in [5, 5.41) is 3.94. The first-order valence-corrected chi connectivity index (χ1v) is 10.3. The molecule has 6 nitrogen and oxygen atoms in total. The first kappa shape index (κ1) is 17.5. The molecular formula is C21H21N3O3S. The van der Waals surface area contributed by atoms with Crippen LogP contribution in [0, 0.1) is 6.92 Å². The number of benzene rings is 1. The highest BCUT2D eigenvalue weighted by Gasteiger charge is 2.27. The number of aryl methyl sites for hydroxylation is 1. The second kappa shape index (κ2) is 7.07. The third kappa shape index (κ3) is 3.21. The number of rotatable bonds is 3. The Hall–Kier alpha value is -2.64. The number of nitrogens with zero attached hydrogens (tertiary/aromatic N) is 3. The number of fused-ring (bicyclic) bond motifs is 3. The number of thiophene rings is 1. The van der Waals surface area contributed by atoms with E-state index in [9.17, 15) is 4.79 Å². The number of aromatic nitrogens is 1. The van der Waals surface area contributed by atoms with Crippen molar-refractivity contribution >= 4 is 17.2 Å². The molecule has 0 bridgehead atoms. The van der Waals surface area contributed by atoms with Gasteiger partial charge in [-0.25, -0.2) is 0 Å². The van der Waals surface area contributed by atoms with Crippen molar-refractivity contribution in [3.05, 3.63) is 58.3 Å². The van der Waals surface area contributed by atoms with Crippen LogP contribution in [0.2, 0.25) is 0 Å². The first-order chi connectivity index (χ1) is 13.7. The van der Waals surface area contributed by atoms with Gasteiger partial charge in [-0.1, -0.05) is 17.3 Å². The Morgan fingerprint density at radius 1 is 1.18 bits per heavy atom. The molecule has 3 aromatic rings. The van der Waals surface area contributed by atoms with E-state index < -0.39 is 0 Å². The van der Waals surface area contributed by atoms with Gasteiger partial charge in [-0.3, -0.25) is 9.69 Å². The largest absolute Gasteiger partial charge is 0.488 e. The summed E-state index contributed by atoms with van der Waals surface area (Å²) < 4.78 is 11.1. The molecular weight excluding hydrogens is 374 g/mol. The summed E-state index contributed by atoms with van der Waals surface area (Å²) in [7, 11) is 0. The van der Waals surface area contributed by atoms with Crippen molar-refractivity contribution in [3.8, 4) is 16.2 Å². The minimum Gasteiger partial charge on any atom is -0.488 e. The molecule has 1 saturated heterocycles. The highest BCUT2D eigenvalue weighted by atomic mass is 32.1. The number of amides is 1. The van der Waals surface area contributed by atoms with E-state index in [1.54, 1.807) is 11.3 Å². The standard InChI is InChI=1S/C21H21N3O3S/c1-14-10-16(27-22-14)12-23-6-8-24(9-7-23)21(25)19-11-15-13-26-18-5-3-2-4-17(18)20(15)28-19/h2-5,10-11H,6-9,12-13H2,1H3. The molecule has 0 N–H and O–H groups in total. The number of piperazine rings is 1. The Kier molecular flexibility index (Phi) is 4.41. The van der Waals surface area contributed by atoms with Gasteiger partial charge in [0, 0.05) is 48.2 Å². The van der Waals surface area contributed by atoms with Gasteiger partial charge in [0.1, 0.15) is 12.4 Å². The van der Waals surface area contributed by atoms with E-state index in [4.69, 9.17) is 9.26 Å². The van der Waals surface area contributed by atoms with Gasteiger partial charge in [-0.2, -0.15) is 0 Å². The second-order valence-electron chi connectivity index (χ2n) is 7.25. The van der Waals surface area contributed by atoms with Crippen LogP contribution in [0.3, 0.4) is 0 Å². The molecule has 2 aliphatic rings. The van der Waals surface area contributed by atoms with Crippen molar-refractivity contribution in [2.45, 2.75) is 20.1 Å². The zero-order valence-corrected chi connectivity index (χ0v) is 16.5. The molecule has 0 aliphatic carbocycles. The van der Waals surface area contributed by atoms with Crippen LogP contribution in [0.15, 0.2) is 40.9 Å². The van der Waals surface area contributed by atoms with E-state index in [1.807, 2.05) is 42.2 Å². The number of hydrogen-bond donors (Lipinski definition) is 0. The quantitative estimate of drug-likeness (QED) is 0.679. The monoisotopic (exact) mass is 395 g/mol. The van der Waals surface area contributed by atoms with E-state index >= 15 is 0 Å². The van der Waals surface area contributed by atoms with Crippen LogP contribution in [0.4, 0.5) is 0 Å². The van der Waals surface area contributed by atoms with Gasteiger partial charge in [0.05, 0.1) is 17.1 Å². The summed E-state index contributed by atoms with van der Waals surface area (Å²) in [5.74, 6) is 1.89. The predicted octanol–water partition coefficient (Wildman–Crippen LogP) is 3.56. The van der Waals surface area contributed by atoms with Gasteiger partial charge >= 0.3 is 0 Å². The number of ether oxygens (including phenoxy) is 1. The summed E-state index contributed by atoms with van der Waals surface area (Å²) >= 11 is 1.58. The summed E-state index contributed by atoms with van der Waals surface area (Å²) in [6.45, 7) is 6.31. The maximum absolute atomic E-state index is 13.0. The predicted molar refractivity (Wildman–Crippen MR) is 107 cm³/mol. The van der Waals surface area contributed by atoms with Crippen molar-refractivity contribution in [2.75, 3.05) is 26.2 Å².